The van der Waals surface area contributed by atoms with Crippen LogP contribution in [0, 0.1) is 6.92 Å². The van der Waals surface area contributed by atoms with Gasteiger partial charge in [-0.3, -0.25) is 9.78 Å². The Hall–Kier alpha value is -3.14. The van der Waals surface area contributed by atoms with Gasteiger partial charge in [-0.2, -0.15) is 0 Å². The minimum absolute atomic E-state index is 0.00418. The summed E-state index contributed by atoms with van der Waals surface area (Å²) in [6.07, 6.45) is 1.90. The molecule has 0 radical (unpaired) electrons. The number of pyridine rings is 1. The highest BCUT2D eigenvalue weighted by atomic mass is 16.5. The third kappa shape index (κ3) is 3.50. The zero-order valence-corrected chi connectivity index (χ0v) is 16.3. The van der Waals surface area contributed by atoms with Crippen LogP contribution in [-0.4, -0.2) is 29.4 Å². The first-order valence-electron chi connectivity index (χ1n) is 9.65. The van der Waals surface area contributed by atoms with E-state index in [0.29, 0.717) is 11.3 Å². The highest BCUT2D eigenvalue weighted by Crippen LogP contribution is 2.35. The molecule has 0 bridgehead atoms. The van der Waals surface area contributed by atoms with Crippen LogP contribution in [0.3, 0.4) is 0 Å². The number of benzene rings is 2. The van der Waals surface area contributed by atoms with Gasteiger partial charge in [-0.05, 0) is 55.2 Å². The summed E-state index contributed by atoms with van der Waals surface area (Å²) in [5, 5.41) is 0. The summed E-state index contributed by atoms with van der Waals surface area (Å²) in [7, 11) is 1.60. The van der Waals surface area contributed by atoms with Gasteiger partial charge in [0.05, 0.1) is 24.4 Å². The van der Waals surface area contributed by atoms with Crippen LogP contribution in [0.2, 0.25) is 0 Å². The Balaban J connectivity index is 1.69. The molecule has 1 amide bonds. The van der Waals surface area contributed by atoms with Crippen molar-refractivity contribution in [2.75, 3.05) is 13.7 Å². The van der Waals surface area contributed by atoms with E-state index >= 15 is 0 Å². The van der Waals surface area contributed by atoms with Gasteiger partial charge in [0.15, 0.2) is 0 Å². The van der Waals surface area contributed by atoms with Crippen LogP contribution in [0.25, 0.3) is 11.1 Å². The number of ether oxygens (including phenoxy) is 1. The molecule has 3 aromatic rings. The van der Waals surface area contributed by atoms with Crippen molar-refractivity contribution in [1.82, 2.24) is 9.88 Å². The van der Waals surface area contributed by atoms with Gasteiger partial charge < -0.3 is 9.64 Å². The Morgan fingerprint density at radius 3 is 2.57 bits per heavy atom. The summed E-state index contributed by atoms with van der Waals surface area (Å²) in [5.41, 5.74) is 4.83. The van der Waals surface area contributed by atoms with Crippen LogP contribution in [0.1, 0.15) is 40.6 Å². The Kier molecular flexibility index (Phi) is 5.11. The maximum absolute atomic E-state index is 13.3. The topological polar surface area (TPSA) is 42.4 Å². The molecule has 2 aromatic carbocycles. The summed E-state index contributed by atoms with van der Waals surface area (Å²) in [5.74, 6) is 0.616. The summed E-state index contributed by atoms with van der Waals surface area (Å²) in [6.45, 7) is 2.75. The lowest BCUT2D eigenvalue weighted by Crippen LogP contribution is -2.31. The Morgan fingerprint density at radius 1 is 1.04 bits per heavy atom. The highest BCUT2D eigenvalue weighted by molar-refractivity contribution is 5.97. The van der Waals surface area contributed by atoms with Gasteiger partial charge in [-0.25, -0.2) is 0 Å². The Morgan fingerprint density at radius 2 is 1.79 bits per heavy atom. The molecule has 1 atom stereocenters. The summed E-state index contributed by atoms with van der Waals surface area (Å²) in [6, 6.07) is 21.9. The summed E-state index contributed by atoms with van der Waals surface area (Å²) < 4.78 is 5.40. The number of likely N-dealkylation sites (tertiary alicyclic amines) is 1. The van der Waals surface area contributed by atoms with Crippen molar-refractivity contribution in [3.63, 3.8) is 0 Å². The van der Waals surface area contributed by atoms with E-state index in [0.717, 1.165) is 41.9 Å². The molecule has 0 unspecified atom stereocenters. The van der Waals surface area contributed by atoms with E-state index in [2.05, 4.69) is 24.3 Å². The van der Waals surface area contributed by atoms with Crippen molar-refractivity contribution in [3.8, 4) is 16.9 Å². The largest absolute Gasteiger partial charge is 0.496 e. The quantitative estimate of drug-likeness (QED) is 0.644. The lowest BCUT2D eigenvalue weighted by Gasteiger charge is -2.26. The zero-order valence-electron chi connectivity index (χ0n) is 16.3. The first-order valence-corrected chi connectivity index (χ1v) is 9.65. The van der Waals surface area contributed by atoms with E-state index in [1.807, 2.05) is 54.3 Å². The molecule has 1 saturated heterocycles. The third-order valence-electron chi connectivity index (χ3n) is 5.27. The van der Waals surface area contributed by atoms with Crippen LogP contribution in [0.4, 0.5) is 0 Å². The van der Waals surface area contributed by atoms with Crippen LogP contribution in [0.15, 0.2) is 66.7 Å². The predicted octanol–water partition coefficient (Wildman–Crippen LogP) is 5.04. The second kappa shape index (κ2) is 7.85. The van der Waals surface area contributed by atoms with E-state index < -0.39 is 0 Å². The van der Waals surface area contributed by atoms with Gasteiger partial charge in [-0.1, -0.05) is 42.5 Å². The summed E-state index contributed by atoms with van der Waals surface area (Å²) in [4.78, 5) is 20.0. The minimum atomic E-state index is -0.0141. The van der Waals surface area contributed by atoms with E-state index in [1.165, 1.54) is 0 Å². The van der Waals surface area contributed by atoms with Crippen molar-refractivity contribution >= 4 is 5.91 Å². The number of para-hydroxylation sites is 1. The molecule has 1 fully saturated rings. The van der Waals surface area contributed by atoms with Gasteiger partial charge in [0.2, 0.25) is 0 Å². The Bertz CT molecular complexity index is 985. The highest BCUT2D eigenvalue weighted by Gasteiger charge is 2.33. The van der Waals surface area contributed by atoms with Gasteiger partial charge in [0, 0.05) is 12.2 Å². The van der Waals surface area contributed by atoms with E-state index in [-0.39, 0.29) is 11.9 Å². The molecule has 4 heteroatoms. The average molecular weight is 372 g/mol. The average Bonchev–Trinajstić information content (AvgIpc) is 3.23. The number of hydrogen-bond donors (Lipinski definition) is 0. The molecule has 0 N–H and O–H groups in total. The van der Waals surface area contributed by atoms with Crippen molar-refractivity contribution < 1.29 is 9.53 Å². The van der Waals surface area contributed by atoms with Gasteiger partial charge in [-0.15, -0.1) is 0 Å². The van der Waals surface area contributed by atoms with E-state index in [4.69, 9.17) is 9.72 Å². The minimum Gasteiger partial charge on any atom is -0.496 e. The SMILES string of the molecule is COc1ccccc1C(=O)N1CCC[C@H]1c1cc(-c2ccccc2)cc(C)n1. The fraction of sp³-hybridized carbons (Fsp3) is 0.250. The number of methoxy groups -OCH3 is 1. The molecule has 4 rings (SSSR count). The molecule has 0 aliphatic carbocycles. The fourth-order valence-corrected chi connectivity index (χ4v) is 3.96. The lowest BCUT2D eigenvalue weighted by atomic mass is 10.0. The van der Waals surface area contributed by atoms with Crippen molar-refractivity contribution in [2.45, 2.75) is 25.8 Å². The summed E-state index contributed by atoms with van der Waals surface area (Å²) >= 11 is 0. The molecule has 1 aliphatic heterocycles. The van der Waals surface area contributed by atoms with Crippen LogP contribution >= 0.6 is 0 Å². The predicted molar refractivity (Wildman–Crippen MR) is 110 cm³/mol. The Labute approximate surface area is 165 Å². The van der Waals surface area contributed by atoms with Crippen molar-refractivity contribution in [3.05, 3.63) is 83.7 Å². The first-order chi connectivity index (χ1) is 13.7. The number of hydrogen-bond acceptors (Lipinski definition) is 3. The second-order valence-corrected chi connectivity index (χ2v) is 7.14. The van der Waals surface area contributed by atoms with E-state index in [9.17, 15) is 4.79 Å². The standard InChI is InChI=1S/C24H24N2O2/c1-17-15-19(18-9-4-3-5-10-18)16-21(25-17)22-12-8-14-26(22)24(27)20-11-6-7-13-23(20)28-2/h3-7,9-11,13,15-16,22H,8,12,14H2,1-2H3/t22-/m0/s1. The molecule has 2 heterocycles. The number of carbonyl (C=O) groups excluding carboxylic acids is 1. The zero-order chi connectivity index (χ0) is 19.5. The number of carbonyl (C=O) groups is 1. The molecule has 1 aromatic heterocycles. The van der Waals surface area contributed by atoms with Gasteiger partial charge in [0.1, 0.15) is 5.75 Å². The number of rotatable bonds is 4. The number of aryl methyl sites for hydroxylation is 1. The van der Waals surface area contributed by atoms with Gasteiger partial charge >= 0.3 is 0 Å². The molecule has 1 aliphatic rings. The van der Waals surface area contributed by atoms with E-state index in [1.54, 1.807) is 7.11 Å². The van der Waals surface area contributed by atoms with Crippen LogP contribution < -0.4 is 4.74 Å². The third-order valence-corrected chi connectivity index (χ3v) is 5.27. The normalized spacial score (nSPS) is 16.2. The first kappa shape index (κ1) is 18.2. The molecule has 0 spiro atoms. The molecule has 4 nitrogen and oxygen atoms in total. The number of aromatic nitrogens is 1. The fourth-order valence-electron chi connectivity index (χ4n) is 3.96. The molecular formula is C24H24N2O2. The van der Waals surface area contributed by atoms with Gasteiger partial charge in [0.25, 0.3) is 5.91 Å². The van der Waals surface area contributed by atoms with Crippen molar-refractivity contribution in [1.29, 1.82) is 0 Å². The number of amides is 1. The molecule has 142 valence electrons. The lowest BCUT2D eigenvalue weighted by molar-refractivity contribution is 0.0729. The van der Waals surface area contributed by atoms with Crippen LogP contribution in [0.5, 0.6) is 5.75 Å². The molecule has 0 saturated carbocycles. The molecule has 28 heavy (non-hydrogen) atoms. The van der Waals surface area contributed by atoms with Crippen molar-refractivity contribution in [2.24, 2.45) is 0 Å². The maximum atomic E-state index is 13.3. The second-order valence-electron chi connectivity index (χ2n) is 7.14. The number of nitrogens with zero attached hydrogens (tertiary/aromatic N) is 2. The maximum Gasteiger partial charge on any atom is 0.258 e. The van der Waals surface area contributed by atoms with Crippen LogP contribution in [-0.2, 0) is 0 Å². The molecular weight excluding hydrogens is 348 g/mol. The smallest absolute Gasteiger partial charge is 0.258 e. The monoisotopic (exact) mass is 372 g/mol.